The molecule has 1 atom stereocenters. The molecule has 2 rings (SSSR count). The zero-order chi connectivity index (χ0) is 18.8. The number of amides is 1. The van der Waals surface area contributed by atoms with E-state index in [-0.39, 0.29) is 5.91 Å². The number of likely N-dealkylation sites (tertiary alicyclic amines) is 1. The van der Waals surface area contributed by atoms with E-state index in [1.807, 2.05) is 31.3 Å². The zero-order valence-corrected chi connectivity index (χ0v) is 15.9. The van der Waals surface area contributed by atoms with Gasteiger partial charge in [0.1, 0.15) is 18.5 Å². The van der Waals surface area contributed by atoms with Gasteiger partial charge in [-0.3, -0.25) is 4.79 Å². The molecular formula is C20H33N3O3. The van der Waals surface area contributed by atoms with Crippen molar-refractivity contribution in [1.29, 1.82) is 0 Å². The number of nitrogens with zero attached hydrogens (tertiary/aromatic N) is 2. The highest BCUT2D eigenvalue weighted by atomic mass is 16.5. The summed E-state index contributed by atoms with van der Waals surface area (Å²) in [5.41, 5.74) is 6.30. The second-order valence-corrected chi connectivity index (χ2v) is 7.28. The summed E-state index contributed by atoms with van der Waals surface area (Å²) in [6.45, 7) is 4.48. The molecule has 0 spiro atoms. The minimum Gasteiger partial charge on any atom is -0.491 e. The fourth-order valence-electron chi connectivity index (χ4n) is 3.29. The van der Waals surface area contributed by atoms with Crippen LogP contribution in [0.1, 0.15) is 37.7 Å². The van der Waals surface area contributed by atoms with Gasteiger partial charge in [-0.25, -0.2) is 0 Å². The van der Waals surface area contributed by atoms with E-state index in [2.05, 4.69) is 9.80 Å². The Bertz CT molecular complexity index is 545. The summed E-state index contributed by atoms with van der Waals surface area (Å²) in [7, 11) is 1.96. The van der Waals surface area contributed by atoms with Crippen LogP contribution >= 0.6 is 0 Å². The summed E-state index contributed by atoms with van der Waals surface area (Å²) in [4.78, 5) is 15.3. The van der Waals surface area contributed by atoms with Crippen molar-refractivity contribution in [2.24, 2.45) is 5.73 Å². The fraction of sp³-hybridized carbons (Fsp3) is 0.650. The molecule has 0 aliphatic carbocycles. The van der Waals surface area contributed by atoms with Gasteiger partial charge in [0.05, 0.1) is 0 Å². The van der Waals surface area contributed by atoms with E-state index >= 15 is 0 Å². The predicted molar refractivity (Wildman–Crippen MR) is 103 cm³/mol. The maximum Gasteiger partial charge on any atom is 0.218 e. The molecule has 1 heterocycles. The monoisotopic (exact) mass is 363 g/mol. The minimum atomic E-state index is -0.477. The molecule has 0 radical (unpaired) electrons. The number of rotatable bonds is 10. The van der Waals surface area contributed by atoms with Gasteiger partial charge < -0.3 is 25.4 Å². The van der Waals surface area contributed by atoms with Crippen LogP contribution in [0.25, 0.3) is 0 Å². The van der Waals surface area contributed by atoms with E-state index in [0.29, 0.717) is 26.1 Å². The Balaban J connectivity index is 1.75. The normalized spacial score (nSPS) is 17.0. The van der Waals surface area contributed by atoms with Crippen molar-refractivity contribution in [3.05, 3.63) is 29.8 Å². The van der Waals surface area contributed by atoms with Gasteiger partial charge in [-0.2, -0.15) is 0 Å². The lowest BCUT2D eigenvalue weighted by Gasteiger charge is -2.23. The van der Waals surface area contributed by atoms with Crippen LogP contribution in [0.5, 0.6) is 5.75 Å². The fourth-order valence-corrected chi connectivity index (χ4v) is 3.29. The Morgan fingerprint density at radius 1 is 1.31 bits per heavy atom. The lowest BCUT2D eigenvalue weighted by molar-refractivity contribution is -0.118. The number of hydrogen-bond acceptors (Lipinski definition) is 5. The SMILES string of the molecule is CN(CCC(N)=O)Cc1cccc(OC[C@H](O)CN2CCCCCC2)c1. The number of carbonyl (C=O) groups excluding carboxylic acids is 1. The maximum atomic E-state index is 10.9. The van der Waals surface area contributed by atoms with E-state index in [4.69, 9.17) is 10.5 Å². The molecular weight excluding hydrogens is 330 g/mol. The van der Waals surface area contributed by atoms with E-state index in [1.165, 1.54) is 25.7 Å². The Hall–Kier alpha value is -1.63. The van der Waals surface area contributed by atoms with Crippen LogP contribution in [-0.4, -0.2) is 66.8 Å². The Labute approximate surface area is 156 Å². The minimum absolute atomic E-state index is 0.285. The number of nitrogens with two attached hydrogens (primary N) is 1. The number of aliphatic hydroxyl groups excluding tert-OH is 1. The molecule has 6 heteroatoms. The second kappa shape index (κ2) is 11.2. The van der Waals surface area contributed by atoms with Gasteiger partial charge in [0, 0.05) is 26.1 Å². The highest BCUT2D eigenvalue weighted by molar-refractivity contribution is 5.73. The molecule has 1 aromatic rings. The van der Waals surface area contributed by atoms with Crippen LogP contribution < -0.4 is 10.5 Å². The third-order valence-electron chi connectivity index (χ3n) is 4.70. The molecule has 26 heavy (non-hydrogen) atoms. The molecule has 1 aliphatic rings. The topological polar surface area (TPSA) is 79.0 Å². The number of hydrogen-bond donors (Lipinski definition) is 2. The number of aliphatic hydroxyl groups is 1. The van der Waals surface area contributed by atoms with Gasteiger partial charge in [0.2, 0.25) is 5.91 Å². The van der Waals surface area contributed by atoms with E-state index in [0.717, 1.165) is 30.9 Å². The molecule has 1 aliphatic heterocycles. The smallest absolute Gasteiger partial charge is 0.218 e. The van der Waals surface area contributed by atoms with Gasteiger partial charge in [0.25, 0.3) is 0 Å². The molecule has 6 nitrogen and oxygen atoms in total. The quantitative estimate of drug-likeness (QED) is 0.660. The highest BCUT2D eigenvalue weighted by Gasteiger charge is 2.14. The first-order valence-electron chi connectivity index (χ1n) is 9.62. The number of β-amino-alcohol motifs (C(OH)–C–C–N with tert-alkyl or cyclic N) is 1. The highest BCUT2D eigenvalue weighted by Crippen LogP contribution is 2.16. The second-order valence-electron chi connectivity index (χ2n) is 7.28. The molecule has 0 unspecified atom stereocenters. The van der Waals surface area contributed by atoms with Crippen molar-refractivity contribution >= 4 is 5.91 Å². The Kier molecular flexibility index (Phi) is 8.88. The lowest BCUT2D eigenvalue weighted by Crippen LogP contribution is -2.36. The van der Waals surface area contributed by atoms with Crippen molar-refractivity contribution in [2.45, 2.75) is 44.8 Å². The summed E-state index contributed by atoms with van der Waals surface area (Å²) in [6.07, 6.45) is 4.91. The molecule has 1 fully saturated rings. The van der Waals surface area contributed by atoms with Gasteiger partial charge in [-0.05, 0) is 50.7 Å². The first-order valence-corrected chi connectivity index (χ1v) is 9.62. The number of ether oxygens (including phenoxy) is 1. The average Bonchev–Trinajstić information content (AvgIpc) is 2.87. The van der Waals surface area contributed by atoms with Crippen molar-refractivity contribution < 1.29 is 14.6 Å². The van der Waals surface area contributed by atoms with Crippen molar-refractivity contribution in [1.82, 2.24) is 9.80 Å². The summed E-state index contributed by atoms with van der Waals surface area (Å²) >= 11 is 0. The molecule has 1 saturated heterocycles. The number of benzene rings is 1. The summed E-state index contributed by atoms with van der Waals surface area (Å²) in [5.74, 6) is 0.480. The summed E-state index contributed by atoms with van der Waals surface area (Å²) < 4.78 is 5.79. The van der Waals surface area contributed by atoms with Crippen molar-refractivity contribution in [3.63, 3.8) is 0 Å². The largest absolute Gasteiger partial charge is 0.491 e. The molecule has 3 N–H and O–H groups in total. The van der Waals surface area contributed by atoms with Crippen LogP contribution in [0.2, 0.25) is 0 Å². The molecule has 0 saturated carbocycles. The van der Waals surface area contributed by atoms with E-state index in [9.17, 15) is 9.90 Å². The molecule has 0 aromatic heterocycles. The lowest BCUT2D eigenvalue weighted by atomic mass is 10.2. The molecule has 1 aromatic carbocycles. The summed E-state index contributed by atoms with van der Waals surface area (Å²) in [6, 6.07) is 7.88. The van der Waals surface area contributed by atoms with Crippen LogP contribution in [0, 0.1) is 0 Å². The average molecular weight is 364 g/mol. The summed E-state index contributed by atoms with van der Waals surface area (Å²) in [5, 5.41) is 10.3. The van der Waals surface area contributed by atoms with Crippen LogP contribution in [0.15, 0.2) is 24.3 Å². The standard InChI is InChI=1S/C20H33N3O3/c1-22(12-9-20(21)25)14-17-7-6-8-19(13-17)26-16-18(24)15-23-10-4-2-3-5-11-23/h6-8,13,18,24H,2-5,9-12,14-16H2,1H3,(H2,21,25)/t18-/m1/s1. The van der Waals surface area contributed by atoms with Gasteiger partial charge in [0.15, 0.2) is 0 Å². The Morgan fingerprint density at radius 2 is 2.04 bits per heavy atom. The van der Waals surface area contributed by atoms with Crippen LogP contribution in [-0.2, 0) is 11.3 Å². The van der Waals surface area contributed by atoms with Gasteiger partial charge >= 0.3 is 0 Å². The predicted octanol–water partition coefficient (Wildman–Crippen LogP) is 1.61. The number of primary amides is 1. The molecule has 146 valence electrons. The van der Waals surface area contributed by atoms with E-state index < -0.39 is 6.10 Å². The maximum absolute atomic E-state index is 10.9. The first-order chi connectivity index (χ1) is 12.5. The van der Waals surface area contributed by atoms with Crippen molar-refractivity contribution in [3.8, 4) is 5.75 Å². The van der Waals surface area contributed by atoms with Crippen molar-refractivity contribution in [2.75, 3.05) is 39.8 Å². The number of carbonyl (C=O) groups is 1. The van der Waals surface area contributed by atoms with Gasteiger partial charge in [-0.1, -0.05) is 25.0 Å². The first kappa shape index (κ1) is 20.7. The Morgan fingerprint density at radius 3 is 2.73 bits per heavy atom. The van der Waals surface area contributed by atoms with Gasteiger partial charge in [-0.15, -0.1) is 0 Å². The third kappa shape index (κ3) is 8.17. The molecule has 0 bridgehead atoms. The zero-order valence-electron chi connectivity index (χ0n) is 15.9. The third-order valence-corrected chi connectivity index (χ3v) is 4.70. The van der Waals surface area contributed by atoms with Crippen LogP contribution in [0.3, 0.4) is 0 Å². The molecule has 1 amide bonds. The van der Waals surface area contributed by atoms with Crippen LogP contribution in [0.4, 0.5) is 0 Å². The van der Waals surface area contributed by atoms with E-state index in [1.54, 1.807) is 0 Å².